The molecule has 2 unspecified atom stereocenters. The average Bonchev–Trinajstić information content (AvgIpc) is 2.43. The lowest BCUT2D eigenvalue weighted by atomic mass is 10.0. The molecule has 0 aliphatic rings. The van der Waals surface area contributed by atoms with Crippen molar-refractivity contribution in [1.82, 2.24) is 0 Å². The van der Waals surface area contributed by atoms with Crippen LogP contribution in [0.5, 0.6) is 0 Å². The van der Waals surface area contributed by atoms with Gasteiger partial charge in [0.1, 0.15) is 0 Å². The maximum atomic E-state index is 12.8. The largest absolute Gasteiger partial charge is 0.304 e. The van der Waals surface area contributed by atoms with Crippen molar-refractivity contribution in [3.8, 4) is 0 Å². The van der Waals surface area contributed by atoms with Gasteiger partial charge in [0, 0.05) is 0 Å². The summed E-state index contributed by atoms with van der Waals surface area (Å²) >= 11 is -2.29. The molecule has 0 spiro atoms. The van der Waals surface area contributed by atoms with E-state index in [4.69, 9.17) is 4.55 Å². The van der Waals surface area contributed by atoms with E-state index in [0.717, 1.165) is 19.3 Å². The first-order chi connectivity index (χ1) is 9.68. The Bertz CT molecular complexity index is 225. The van der Waals surface area contributed by atoms with E-state index in [2.05, 4.69) is 6.92 Å². The van der Waals surface area contributed by atoms with Crippen LogP contribution in [0, 0.1) is 0 Å². The maximum Gasteiger partial charge on any atom is 0.200 e. The summed E-state index contributed by atoms with van der Waals surface area (Å²) in [6, 6.07) is 0. The summed E-state index contributed by atoms with van der Waals surface area (Å²) in [7, 11) is 0. The van der Waals surface area contributed by atoms with Gasteiger partial charge in [0.05, 0.1) is 0 Å². The van der Waals surface area contributed by atoms with Gasteiger partial charge in [0.25, 0.3) is 0 Å². The molecule has 0 aromatic carbocycles. The van der Waals surface area contributed by atoms with Crippen molar-refractivity contribution < 1.29 is 13.2 Å². The van der Waals surface area contributed by atoms with Gasteiger partial charge in [-0.3, -0.25) is 0 Å². The van der Waals surface area contributed by atoms with Crippen LogP contribution in [-0.2, 0) is 11.1 Å². The van der Waals surface area contributed by atoms with Crippen molar-refractivity contribution in [3.05, 3.63) is 0 Å². The van der Waals surface area contributed by atoms with Gasteiger partial charge in [0.15, 0.2) is 16.6 Å². The second kappa shape index (κ2) is 15.4. The molecule has 0 aliphatic heterocycles. The SMILES string of the molecule is CCCCCCCCCCCCCCCC(F)S(=O)O. The molecule has 0 aromatic heterocycles. The van der Waals surface area contributed by atoms with E-state index in [0.29, 0.717) is 0 Å². The molecule has 0 amide bonds. The fourth-order valence-electron chi connectivity index (χ4n) is 2.42. The zero-order chi connectivity index (χ0) is 15.1. The minimum Gasteiger partial charge on any atom is -0.304 e. The highest BCUT2D eigenvalue weighted by atomic mass is 32.2. The van der Waals surface area contributed by atoms with Crippen LogP contribution in [0.15, 0.2) is 0 Å². The molecule has 0 saturated heterocycles. The molecule has 20 heavy (non-hydrogen) atoms. The normalized spacial score (nSPS) is 14.3. The summed E-state index contributed by atoms with van der Waals surface area (Å²) in [4.78, 5) is 0. The number of unbranched alkanes of at least 4 members (excludes halogenated alkanes) is 12. The quantitative estimate of drug-likeness (QED) is 0.298. The molecule has 0 fully saturated rings. The van der Waals surface area contributed by atoms with Gasteiger partial charge in [0.2, 0.25) is 0 Å². The Labute approximate surface area is 127 Å². The summed E-state index contributed by atoms with van der Waals surface area (Å²) in [5.74, 6) is 0. The van der Waals surface area contributed by atoms with E-state index in [1.165, 1.54) is 64.2 Å². The Kier molecular flexibility index (Phi) is 15.5. The third-order valence-electron chi connectivity index (χ3n) is 3.75. The van der Waals surface area contributed by atoms with Crippen LogP contribution in [0.3, 0.4) is 0 Å². The molecular formula is C16H33FO2S. The van der Waals surface area contributed by atoms with Gasteiger partial charge in [-0.25, -0.2) is 8.60 Å². The predicted molar refractivity (Wildman–Crippen MR) is 86.0 cm³/mol. The highest BCUT2D eigenvalue weighted by Gasteiger charge is 2.11. The molecule has 2 atom stereocenters. The van der Waals surface area contributed by atoms with Crippen molar-refractivity contribution >= 4 is 11.1 Å². The molecule has 0 heterocycles. The van der Waals surface area contributed by atoms with Crippen LogP contribution in [0.2, 0.25) is 0 Å². The Hall–Kier alpha value is 0.0400. The van der Waals surface area contributed by atoms with Gasteiger partial charge < -0.3 is 4.55 Å². The molecule has 0 saturated carbocycles. The fraction of sp³-hybridized carbons (Fsp3) is 1.00. The van der Waals surface area contributed by atoms with E-state index < -0.39 is 16.6 Å². The van der Waals surface area contributed by atoms with E-state index in [9.17, 15) is 8.60 Å². The third kappa shape index (κ3) is 14.4. The summed E-state index contributed by atoms with van der Waals surface area (Å²) in [5, 5.41) is 0. The van der Waals surface area contributed by atoms with Gasteiger partial charge >= 0.3 is 0 Å². The van der Waals surface area contributed by atoms with Gasteiger partial charge in [-0.2, -0.15) is 0 Å². The monoisotopic (exact) mass is 308 g/mol. The third-order valence-corrected chi connectivity index (χ3v) is 4.43. The van der Waals surface area contributed by atoms with Crippen molar-refractivity contribution in [2.75, 3.05) is 0 Å². The molecule has 0 aromatic rings. The first-order valence-electron chi connectivity index (χ1n) is 8.42. The fourth-order valence-corrected chi connectivity index (χ4v) is 2.79. The molecule has 0 bridgehead atoms. The van der Waals surface area contributed by atoms with Gasteiger partial charge in [-0.1, -0.05) is 84.0 Å². The number of alkyl halides is 1. The van der Waals surface area contributed by atoms with E-state index in [1.807, 2.05) is 0 Å². The minimum absolute atomic E-state index is 0.223. The second-order valence-electron chi connectivity index (χ2n) is 5.72. The highest BCUT2D eigenvalue weighted by molar-refractivity contribution is 7.79. The molecule has 2 nitrogen and oxygen atoms in total. The van der Waals surface area contributed by atoms with Crippen molar-refractivity contribution in [3.63, 3.8) is 0 Å². The van der Waals surface area contributed by atoms with Gasteiger partial charge in [-0.05, 0) is 12.8 Å². The Morgan fingerprint density at radius 1 is 0.800 bits per heavy atom. The smallest absolute Gasteiger partial charge is 0.200 e. The Balaban J connectivity index is 3.04. The molecule has 0 radical (unpaired) electrons. The number of hydrogen-bond donors (Lipinski definition) is 1. The van der Waals surface area contributed by atoms with Crippen molar-refractivity contribution in [2.24, 2.45) is 0 Å². The molecule has 0 rings (SSSR count). The molecule has 1 N–H and O–H groups in total. The van der Waals surface area contributed by atoms with Crippen LogP contribution >= 0.6 is 0 Å². The highest BCUT2D eigenvalue weighted by Crippen LogP contribution is 2.14. The zero-order valence-electron chi connectivity index (χ0n) is 13.1. The molecule has 122 valence electrons. The summed E-state index contributed by atoms with van der Waals surface area (Å²) in [6.07, 6.45) is 16.5. The number of halogens is 1. The standard InChI is InChI=1S/C16H33FO2S/c1-2-3-4-5-6-7-8-9-10-11-12-13-14-15-16(17)20(18)19/h16H,2-15H2,1H3,(H,18,19). The lowest BCUT2D eigenvalue weighted by molar-refractivity contribution is 0.377. The van der Waals surface area contributed by atoms with Crippen LogP contribution in [-0.4, -0.2) is 14.3 Å². The van der Waals surface area contributed by atoms with Crippen LogP contribution < -0.4 is 0 Å². The van der Waals surface area contributed by atoms with E-state index in [1.54, 1.807) is 0 Å². The summed E-state index contributed by atoms with van der Waals surface area (Å²) in [5.41, 5.74) is -1.55. The van der Waals surface area contributed by atoms with Crippen LogP contribution in [0.25, 0.3) is 0 Å². The van der Waals surface area contributed by atoms with E-state index in [-0.39, 0.29) is 6.42 Å². The Morgan fingerprint density at radius 2 is 1.15 bits per heavy atom. The predicted octanol–water partition coefficient (Wildman–Crippen LogP) is 5.99. The summed E-state index contributed by atoms with van der Waals surface area (Å²) < 4.78 is 31.7. The first-order valence-corrected chi connectivity index (χ1v) is 9.59. The molecule has 4 heteroatoms. The molecular weight excluding hydrogens is 275 g/mol. The molecule has 0 aliphatic carbocycles. The summed E-state index contributed by atoms with van der Waals surface area (Å²) in [6.45, 7) is 2.25. The van der Waals surface area contributed by atoms with E-state index >= 15 is 0 Å². The second-order valence-corrected chi connectivity index (χ2v) is 6.78. The van der Waals surface area contributed by atoms with Crippen molar-refractivity contribution in [2.45, 2.75) is 102 Å². The van der Waals surface area contributed by atoms with Crippen LogP contribution in [0.4, 0.5) is 4.39 Å². The number of rotatable bonds is 15. The Morgan fingerprint density at radius 3 is 1.50 bits per heavy atom. The maximum absolute atomic E-state index is 12.8. The lowest BCUT2D eigenvalue weighted by Crippen LogP contribution is -2.07. The lowest BCUT2D eigenvalue weighted by Gasteiger charge is -2.04. The van der Waals surface area contributed by atoms with Crippen LogP contribution in [0.1, 0.15) is 96.8 Å². The zero-order valence-corrected chi connectivity index (χ0v) is 13.9. The average molecular weight is 309 g/mol. The van der Waals surface area contributed by atoms with Gasteiger partial charge in [-0.15, -0.1) is 0 Å². The number of hydrogen-bond acceptors (Lipinski definition) is 1. The first kappa shape index (κ1) is 20.0. The van der Waals surface area contributed by atoms with Crippen molar-refractivity contribution in [1.29, 1.82) is 0 Å². The minimum atomic E-state index is -2.29. The topological polar surface area (TPSA) is 37.3 Å².